The van der Waals surface area contributed by atoms with E-state index in [2.05, 4.69) is 31.3 Å². The predicted molar refractivity (Wildman–Crippen MR) is 329 cm³/mol. The van der Waals surface area contributed by atoms with Gasteiger partial charge in [-0.2, -0.15) is 0 Å². The van der Waals surface area contributed by atoms with E-state index >= 15 is 0 Å². The summed E-state index contributed by atoms with van der Waals surface area (Å²) in [5, 5.41) is 23.4. The molecule has 0 aliphatic rings. The molecule has 446 valence electrons. The number of carbonyl (C=O) groups is 2. The molecule has 0 spiro atoms. The van der Waals surface area contributed by atoms with E-state index < -0.39 is 12.1 Å². The van der Waals surface area contributed by atoms with Gasteiger partial charge in [0.05, 0.1) is 25.4 Å². The summed E-state index contributed by atoms with van der Waals surface area (Å²) in [6.07, 6.45) is 79.6. The van der Waals surface area contributed by atoms with E-state index in [1.807, 2.05) is 0 Å². The van der Waals surface area contributed by atoms with E-state index in [1.165, 1.54) is 321 Å². The van der Waals surface area contributed by atoms with Gasteiger partial charge in [0.25, 0.3) is 0 Å². The number of hydrogen-bond acceptors (Lipinski definition) is 5. The van der Waals surface area contributed by atoms with E-state index in [0.29, 0.717) is 25.9 Å². The summed E-state index contributed by atoms with van der Waals surface area (Å²) in [6.45, 7) is 4.99. The summed E-state index contributed by atoms with van der Waals surface area (Å²) in [4.78, 5) is 24.6. The topological polar surface area (TPSA) is 95.9 Å². The van der Waals surface area contributed by atoms with E-state index in [9.17, 15) is 19.8 Å². The quantitative estimate of drug-likeness (QED) is 0.0320. The fourth-order valence-corrected chi connectivity index (χ4v) is 11.1. The lowest BCUT2D eigenvalue weighted by molar-refractivity contribution is -0.143. The minimum Gasteiger partial charge on any atom is -0.466 e. The van der Waals surface area contributed by atoms with Crippen molar-refractivity contribution in [1.29, 1.82) is 0 Å². The van der Waals surface area contributed by atoms with Crippen LogP contribution in [0.25, 0.3) is 0 Å². The van der Waals surface area contributed by atoms with Crippen molar-refractivity contribution >= 4 is 11.9 Å². The minimum absolute atomic E-state index is 0.00922. The maximum absolute atomic E-state index is 12.5. The van der Waals surface area contributed by atoms with Crippen LogP contribution in [0.1, 0.15) is 393 Å². The molecule has 6 nitrogen and oxygen atoms in total. The Morgan fingerprint density at radius 2 is 0.627 bits per heavy atom. The Labute approximate surface area is 469 Å². The molecule has 3 N–H and O–H groups in total. The molecule has 0 aliphatic carbocycles. The Hall–Kier alpha value is -1.40. The number of nitrogens with one attached hydrogen (secondary N) is 1. The summed E-state index contributed by atoms with van der Waals surface area (Å²) >= 11 is 0. The molecule has 0 saturated heterocycles. The molecule has 2 atom stereocenters. The predicted octanol–water partition coefficient (Wildman–Crippen LogP) is 22.0. The van der Waals surface area contributed by atoms with Crippen molar-refractivity contribution in [3.63, 3.8) is 0 Å². The summed E-state index contributed by atoms with van der Waals surface area (Å²) in [5.41, 5.74) is 0. The van der Waals surface area contributed by atoms with Gasteiger partial charge in [0, 0.05) is 12.8 Å². The highest BCUT2D eigenvalue weighted by molar-refractivity contribution is 5.76. The Morgan fingerprint density at radius 1 is 0.360 bits per heavy atom. The number of aliphatic hydroxyl groups is 2. The number of esters is 1. The molecule has 0 heterocycles. The lowest BCUT2D eigenvalue weighted by Crippen LogP contribution is -2.45. The van der Waals surface area contributed by atoms with Gasteiger partial charge in [-0.3, -0.25) is 9.59 Å². The molecular formula is C69H135NO5. The standard InChI is InChI=1S/C69H135NO5/c1-3-5-7-9-11-13-15-17-19-21-22-23-24-26-30-33-37-41-45-49-53-57-61-67(72)66(65-71)70-68(73)62-58-54-50-46-42-38-34-31-27-25-28-32-36-40-44-48-52-56-60-64-75-69(74)63-59-55-51-47-43-39-35-29-20-18-16-14-12-10-8-6-4-2/h25,27,66-67,71-72H,3-24,26,28-65H2,1-2H3,(H,70,73)/b27-25-. The van der Waals surface area contributed by atoms with Crippen molar-refractivity contribution in [1.82, 2.24) is 5.32 Å². The van der Waals surface area contributed by atoms with Crippen LogP contribution in [0.4, 0.5) is 0 Å². The molecule has 1 amide bonds. The number of allylic oxidation sites excluding steroid dienone is 2. The number of carbonyl (C=O) groups excluding carboxylic acids is 2. The highest BCUT2D eigenvalue weighted by Gasteiger charge is 2.20. The lowest BCUT2D eigenvalue weighted by atomic mass is 10.0. The molecule has 0 aromatic carbocycles. The molecule has 0 fully saturated rings. The minimum atomic E-state index is -0.671. The molecule has 6 heteroatoms. The number of ether oxygens (including phenoxy) is 1. The van der Waals surface area contributed by atoms with Crippen LogP contribution < -0.4 is 5.32 Å². The zero-order valence-corrected chi connectivity index (χ0v) is 51.1. The van der Waals surface area contributed by atoms with Crippen LogP contribution in [0.15, 0.2) is 12.2 Å². The van der Waals surface area contributed by atoms with Gasteiger partial charge in [-0.15, -0.1) is 0 Å². The van der Waals surface area contributed by atoms with Crippen LogP contribution in [0.5, 0.6) is 0 Å². The van der Waals surface area contributed by atoms with Gasteiger partial charge < -0.3 is 20.3 Å². The number of unbranched alkanes of at least 4 members (excludes halogenated alkanes) is 52. The molecule has 2 unspecified atom stereocenters. The molecule has 0 aromatic rings. The first-order valence-corrected chi connectivity index (χ1v) is 34.4. The molecule has 0 aliphatic heterocycles. The average Bonchev–Trinajstić information content (AvgIpc) is 3.41. The van der Waals surface area contributed by atoms with Gasteiger partial charge in [0.1, 0.15) is 0 Å². The Balaban J connectivity index is 3.41. The highest BCUT2D eigenvalue weighted by Crippen LogP contribution is 2.19. The number of hydrogen-bond donors (Lipinski definition) is 3. The van der Waals surface area contributed by atoms with E-state index in [1.54, 1.807) is 0 Å². The van der Waals surface area contributed by atoms with Crippen LogP contribution in [-0.2, 0) is 14.3 Å². The van der Waals surface area contributed by atoms with E-state index in [0.717, 1.165) is 38.5 Å². The van der Waals surface area contributed by atoms with Crippen LogP contribution in [0.3, 0.4) is 0 Å². The zero-order chi connectivity index (χ0) is 54.3. The Bertz CT molecular complexity index is 1130. The van der Waals surface area contributed by atoms with Gasteiger partial charge in [-0.25, -0.2) is 0 Å². The fraction of sp³-hybridized carbons (Fsp3) is 0.942. The summed E-state index contributed by atoms with van der Waals surface area (Å²) < 4.78 is 5.50. The van der Waals surface area contributed by atoms with Crippen LogP contribution >= 0.6 is 0 Å². The summed E-state index contributed by atoms with van der Waals surface area (Å²) in [7, 11) is 0. The summed E-state index contributed by atoms with van der Waals surface area (Å²) in [5.74, 6) is -0.0306. The third-order valence-corrected chi connectivity index (χ3v) is 16.3. The number of rotatable bonds is 65. The lowest BCUT2D eigenvalue weighted by Gasteiger charge is -2.22. The highest BCUT2D eigenvalue weighted by atomic mass is 16.5. The number of aliphatic hydroxyl groups excluding tert-OH is 2. The van der Waals surface area contributed by atoms with Crippen molar-refractivity contribution in [3.8, 4) is 0 Å². The molecular weight excluding hydrogens is 923 g/mol. The third kappa shape index (κ3) is 61.7. The maximum Gasteiger partial charge on any atom is 0.305 e. The molecule has 0 radical (unpaired) electrons. The van der Waals surface area contributed by atoms with Gasteiger partial charge in [0.15, 0.2) is 0 Å². The first-order chi connectivity index (χ1) is 37.0. The largest absolute Gasteiger partial charge is 0.466 e. The normalized spacial score (nSPS) is 12.5. The molecule has 0 bridgehead atoms. The Morgan fingerprint density at radius 3 is 0.947 bits per heavy atom. The second-order valence-corrected chi connectivity index (χ2v) is 23.9. The van der Waals surface area contributed by atoms with Crippen LogP contribution in [0.2, 0.25) is 0 Å². The van der Waals surface area contributed by atoms with E-state index in [4.69, 9.17) is 4.74 Å². The SMILES string of the molecule is CCCCCCCCCCCCCCCCCCCCCCCCC(O)C(CO)NC(=O)CCCCCCCCC/C=C\CCCCCCCCCCOC(=O)CCCCCCCCCCCCCCCCCCC. The van der Waals surface area contributed by atoms with Crippen molar-refractivity contribution in [2.75, 3.05) is 13.2 Å². The van der Waals surface area contributed by atoms with Gasteiger partial charge in [-0.1, -0.05) is 341 Å². The third-order valence-electron chi connectivity index (χ3n) is 16.3. The van der Waals surface area contributed by atoms with Crippen molar-refractivity contribution in [2.24, 2.45) is 0 Å². The van der Waals surface area contributed by atoms with Gasteiger partial charge in [0.2, 0.25) is 5.91 Å². The molecule has 0 saturated carbocycles. The van der Waals surface area contributed by atoms with Crippen molar-refractivity contribution < 1.29 is 24.5 Å². The van der Waals surface area contributed by atoms with Crippen molar-refractivity contribution in [2.45, 2.75) is 405 Å². The molecule has 75 heavy (non-hydrogen) atoms. The fourth-order valence-electron chi connectivity index (χ4n) is 11.1. The summed E-state index contributed by atoms with van der Waals surface area (Å²) in [6, 6.07) is -0.549. The van der Waals surface area contributed by atoms with Gasteiger partial charge in [-0.05, 0) is 51.4 Å². The van der Waals surface area contributed by atoms with Crippen LogP contribution in [-0.4, -0.2) is 47.4 Å². The first kappa shape index (κ1) is 73.6. The average molecular weight is 1060 g/mol. The van der Waals surface area contributed by atoms with E-state index in [-0.39, 0.29) is 18.5 Å². The Kier molecular flexibility index (Phi) is 63.9. The second kappa shape index (κ2) is 65.1. The molecule has 0 aromatic heterocycles. The smallest absolute Gasteiger partial charge is 0.305 e. The first-order valence-electron chi connectivity index (χ1n) is 34.4. The number of amides is 1. The zero-order valence-electron chi connectivity index (χ0n) is 51.1. The van der Waals surface area contributed by atoms with Gasteiger partial charge >= 0.3 is 5.97 Å². The second-order valence-electron chi connectivity index (χ2n) is 23.9. The van der Waals surface area contributed by atoms with Crippen LogP contribution in [0, 0.1) is 0 Å². The maximum atomic E-state index is 12.5. The van der Waals surface area contributed by atoms with Crippen molar-refractivity contribution in [3.05, 3.63) is 12.2 Å². The monoisotopic (exact) mass is 1060 g/mol. The molecule has 0 rings (SSSR count).